The topological polar surface area (TPSA) is 60.5 Å². The highest BCUT2D eigenvalue weighted by atomic mass is 16.5. The molecule has 26 heavy (non-hydrogen) atoms. The van der Waals surface area contributed by atoms with Gasteiger partial charge in [0.05, 0.1) is 14.2 Å². The molecule has 0 bridgehead atoms. The van der Waals surface area contributed by atoms with Crippen LogP contribution in [0.5, 0.6) is 11.5 Å². The van der Waals surface area contributed by atoms with Crippen molar-refractivity contribution in [3.8, 4) is 22.6 Å². The standard InChI is InChI=1S/C21H20N2O3/c1-25-18-5-3-4-16(12-18)19-7-6-17(13-20(19)26-2)21(24)23-14-15-8-10-22-11-9-15/h3-13H,14H2,1-2H3,(H,23,24). The molecule has 0 atom stereocenters. The lowest BCUT2D eigenvalue weighted by Crippen LogP contribution is -2.22. The lowest BCUT2D eigenvalue weighted by Gasteiger charge is -2.12. The molecular formula is C21H20N2O3. The third kappa shape index (κ3) is 4.00. The summed E-state index contributed by atoms with van der Waals surface area (Å²) in [6, 6.07) is 16.9. The van der Waals surface area contributed by atoms with E-state index in [9.17, 15) is 4.79 Å². The molecular weight excluding hydrogens is 328 g/mol. The highest BCUT2D eigenvalue weighted by Crippen LogP contribution is 2.32. The Kier molecular flexibility index (Phi) is 5.49. The van der Waals surface area contributed by atoms with Crippen molar-refractivity contribution in [2.45, 2.75) is 6.54 Å². The van der Waals surface area contributed by atoms with Crippen molar-refractivity contribution in [1.82, 2.24) is 10.3 Å². The predicted octanol–water partition coefficient (Wildman–Crippen LogP) is 3.70. The predicted molar refractivity (Wildman–Crippen MR) is 100 cm³/mol. The van der Waals surface area contributed by atoms with Crippen LogP contribution in [-0.2, 0) is 6.54 Å². The van der Waals surface area contributed by atoms with Gasteiger partial charge in [0.15, 0.2) is 0 Å². The third-order valence-electron chi connectivity index (χ3n) is 4.05. The number of aromatic nitrogens is 1. The minimum atomic E-state index is -0.155. The molecule has 3 aromatic rings. The van der Waals surface area contributed by atoms with Gasteiger partial charge < -0.3 is 14.8 Å². The van der Waals surface area contributed by atoms with E-state index in [4.69, 9.17) is 9.47 Å². The van der Waals surface area contributed by atoms with E-state index in [1.165, 1.54) is 0 Å². The van der Waals surface area contributed by atoms with Crippen molar-refractivity contribution in [3.05, 3.63) is 78.1 Å². The number of carbonyl (C=O) groups excluding carboxylic acids is 1. The van der Waals surface area contributed by atoms with Crippen molar-refractivity contribution in [3.63, 3.8) is 0 Å². The Balaban J connectivity index is 1.80. The fraction of sp³-hybridized carbons (Fsp3) is 0.143. The highest BCUT2D eigenvalue weighted by molar-refractivity contribution is 5.95. The number of hydrogen-bond donors (Lipinski definition) is 1. The SMILES string of the molecule is COc1cccc(-c2ccc(C(=O)NCc3ccncc3)cc2OC)c1. The Morgan fingerprint density at radius 3 is 2.54 bits per heavy atom. The first-order chi connectivity index (χ1) is 12.7. The smallest absolute Gasteiger partial charge is 0.251 e. The van der Waals surface area contributed by atoms with Crippen LogP contribution in [0, 0.1) is 0 Å². The number of nitrogens with zero attached hydrogens (tertiary/aromatic N) is 1. The van der Waals surface area contributed by atoms with Crippen LogP contribution in [0.2, 0.25) is 0 Å². The minimum absolute atomic E-state index is 0.155. The van der Waals surface area contributed by atoms with E-state index >= 15 is 0 Å². The molecule has 0 fully saturated rings. The second-order valence-corrected chi connectivity index (χ2v) is 5.69. The molecule has 0 aliphatic rings. The molecule has 132 valence electrons. The first kappa shape index (κ1) is 17.5. The molecule has 5 nitrogen and oxygen atoms in total. The zero-order valence-electron chi connectivity index (χ0n) is 14.7. The molecule has 0 aliphatic carbocycles. The largest absolute Gasteiger partial charge is 0.497 e. The van der Waals surface area contributed by atoms with Crippen LogP contribution in [0.1, 0.15) is 15.9 Å². The van der Waals surface area contributed by atoms with Crippen LogP contribution in [0.3, 0.4) is 0 Å². The molecule has 0 radical (unpaired) electrons. The van der Waals surface area contributed by atoms with Gasteiger partial charge in [0, 0.05) is 30.1 Å². The molecule has 1 heterocycles. The number of amides is 1. The van der Waals surface area contributed by atoms with E-state index in [-0.39, 0.29) is 5.91 Å². The molecule has 1 aromatic heterocycles. The zero-order valence-corrected chi connectivity index (χ0v) is 14.7. The molecule has 0 aliphatic heterocycles. The summed E-state index contributed by atoms with van der Waals surface area (Å²) in [7, 11) is 3.23. The Morgan fingerprint density at radius 1 is 1.00 bits per heavy atom. The maximum atomic E-state index is 12.4. The van der Waals surface area contributed by atoms with Crippen molar-refractivity contribution in [2.75, 3.05) is 14.2 Å². The molecule has 3 rings (SSSR count). The molecule has 0 unspecified atom stereocenters. The van der Waals surface area contributed by atoms with E-state index in [1.54, 1.807) is 38.7 Å². The second kappa shape index (κ2) is 8.16. The summed E-state index contributed by atoms with van der Waals surface area (Å²) in [5, 5.41) is 2.90. The van der Waals surface area contributed by atoms with Crippen LogP contribution < -0.4 is 14.8 Å². The summed E-state index contributed by atoms with van der Waals surface area (Å²) in [4.78, 5) is 16.4. The van der Waals surface area contributed by atoms with Gasteiger partial charge in [-0.25, -0.2) is 0 Å². The molecule has 2 aromatic carbocycles. The third-order valence-corrected chi connectivity index (χ3v) is 4.05. The van der Waals surface area contributed by atoms with Gasteiger partial charge in [-0.3, -0.25) is 9.78 Å². The summed E-state index contributed by atoms with van der Waals surface area (Å²) in [6.45, 7) is 0.446. The van der Waals surface area contributed by atoms with E-state index in [0.717, 1.165) is 22.4 Å². The van der Waals surface area contributed by atoms with Gasteiger partial charge in [-0.2, -0.15) is 0 Å². The fourth-order valence-corrected chi connectivity index (χ4v) is 2.65. The highest BCUT2D eigenvalue weighted by Gasteiger charge is 2.12. The zero-order chi connectivity index (χ0) is 18.4. The molecule has 0 saturated carbocycles. The van der Waals surface area contributed by atoms with E-state index in [0.29, 0.717) is 17.9 Å². The lowest BCUT2D eigenvalue weighted by molar-refractivity contribution is 0.0950. The van der Waals surface area contributed by atoms with Gasteiger partial charge >= 0.3 is 0 Å². The summed E-state index contributed by atoms with van der Waals surface area (Å²) in [6.07, 6.45) is 3.40. The maximum Gasteiger partial charge on any atom is 0.251 e. The fourth-order valence-electron chi connectivity index (χ4n) is 2.65. The number of methoxy groups -OCH3 is 2. The molecule has 0 spiro atoms. The summed E-state index contributed by atoms with van der Waals surface area (Å²) in [5.41, 5.74) is 3.40. The number of benzene rings is 2. The quantitative estimate of drug-likeness (QED) is 0.738. The number of nitrogens with one attached hydrogen (secondary N) is 1. The first-order valence-electron chi connectivity index (χ1n) is 8.21. The van der Waals surface area contributed by atoms with Crippen LogP contribution in [-0.4, -0.2) is 25.1 Å². The number of carbonyl (C=O) groups is 1. The summed E-state index contributed by atoms with van der Waals surface area (Å²) in [5.74, 6) is 1.25. The van der Waals surface area contributed by atoms with E-state index in [1.807, 2.05) is 42.5 Å². The monoisotopic (exact) mass is 348 g/mol. The number of hydrogen-bond acceptors (Lipinski definition) is 4. The molecule has 0 saturated heterocycles. The van der Waals surface area contributed by atoms with Gasteiger partial charge in [-0.05, 0) is 53.6 Å². The van der Waals surface area contributed by atoms with Gasteiger partial charge in [0.1, 0.15) is 11.5 Å². The number of pyridine rings is 1. The van der Waals surface area contributed by atoms with Crippen molar-refractivity contribution < 1.29 is 14.3 Å². The molecule has 1 N–H and O–H groups in total. The van der Waals surface area contributed by atoms with Crippen molar-refractivity contribution in [1.29, 1.82) is 0 Å². The lowest BCUT2D eigenvalue weighted by atomic mass is 10.0. The Labute approximate surface area is 152 Å². The van der Waals surface area contributed by atoms with Crippen LogP contribution in [0.25, 0.3) is 11.1 Å². The van der Waals surface area contributed by atoms with Gasteiger partial charge in [-0.1, -0.05) is 12.1 Å². The number of rotatable bonds is 6. The van der Waals surface area contributed by atoms with Crippen molar-refractivity contribution >= 4 is 5.91 Å². The molecule has 1 amide bonds. The average molecular weight is 348 g/mol. The molecule has 5 heteroatoms. The normalized spacial score (nSPS) is 10.2. The Morgan fingerprint density at radius 2 is 1.81 bits per heavy atom. The van der Waals surface area contributed by atoms with Gasteiger partial charge in [-0.15, -0.1) is 0 Å². The summed E-state index contributed by atoms with van der Waals surface area (Å²) < 4.78 is 10.8. The second-order valence-electron chi connectivity index (χ2n) is 5.69. The van der Waals surface area contributed by atoms with Crippen LogP contribution in [0.4, 0.5) is 0 Å². The maximum absolute atomic E-state index is 12.4. The average Bonchev–Trinajstić information content (AvgIpc) is 2.72. The van der Waals surface area contributed by atoms with Gasteiger partial charge in [0.2, 0.25) is 0 Å². The van der Waals surface area contributed by atoms with Crippen molar-refractivity contribution in [2.24, 2.45) is 0 Å². The van der Waals surface area contributed by atoms with E-state index in [2.05, 4.69) is 10.3 Å². The minimum Gasteiger partial charge on any atom is -0.497 e. The van der Waals surface area contributed by atoms with Gasteiger partial charge in [0.25, 0.3) is 5.91 Å². The Hall–Kier alpha value is -3.34. The summed E-state index contributed by atoms with van der Waals surface area (Å²) >= 11 is 0. The van der Waals surface area contributed by atoms with E-state index < -0.39 is 0 Å². The number of ether oxygens (including phenoxy) is 2. The van der Waals surface area contributed by atoms with Crippen LogP contribution >= 0.6 is 0 Å². The first-order valence-corrected chi connectivity index (χ1v) is 8.21. The van der Waals surface area contributed by atoms with Crippen LogP contribution in [0.15, 0.2) is 67.0 Å². The Bertz CT molecular complexity index is 895.